The van der Waals surface area contributed by atoms with Crippen LogP contribution >= 0.6 is 0 Å². The summed E-state index contributed by atoms with van der Waals surface area (Å²) in [6.45, 7) is 8.02. The zero-order valence-corrected chi connectivity index (χ0v) is 11.8. The zero-order valence-electron chi connectivity index (χ0n) is 11.0. The van der Waals surface area contributed by atoms with Gasteiger partial charge in [-0.05, 0) is 38.1 Å². The van der Waals surface area contributed by atoms with Crippen molar-refractivity contribution in [1.29, 1.82) is 0 Å². The Morgan fingerprint density at radius 2 is 2.00 bits per heavy atom. The van der Waals surface area contributed by atoms with Crippen LogP contribution in [-0.4, -0.2) is 34.1 Å². The lowest BCUT2D eigenvalue weighted by molar-refractivity contribution is 0.323. The monoisotopic (exact) mass is 263 g/mol. The first-order valence-corrected chi connectivity index (χ1v) is 7.85. The Morgan fingerprint density at radius 1 is 1.29 bits per heavy atom. The van der Waals surface area contributed by atoms with Gasteiger partial charge in [0.15, 0.2) is 0 Å². The Kier molecular flexibility index (Phi) is 5.85. The number of piperidine rings is 1. The van der Waals surface area contributed by atoms with Crippen LogP contribution < -0.4 is 14.8 Å². The molecule has 1 saturated heterocycles. The minimum Gasteiger partial charge on any atom is -0.314 e. The topological polar surface area (TPSA) is 70.2 Å². The van der Waals surface area contributed by atoms with Gasteiger partial charge in [0.25, 0.3) is 10.2 Å². The first-order valence-electron chi connectivity index (χ1n) is 6.36. The maximum absolute atomic E-state index is 11.6. The van der Waals surface area contributed by atoms with E-state index in [0.717, 1.165) is 19.4 Å². The van der Waals surface area contributed by atoms with Crippen molar-refractivity contribution < 1.29 is 8.42 Å². The molecular weight excluding hydrogens is 238 g/mol. The summed E-state index contributed by atoms with van der Waals surface area (Å²) in [5, 5.41) is 3.36. The molecule has 0 radical (unpaired) electrons. The van der Waals surface area contributed by atoms with Crippen molar-refractivity contribution in [2.75, 3.05) is 19.6 Å². The van der Waals surface area contributed by atoms with Gasteiger partial charge < -0.3 is 5.32 Å². The molecule has 0 aromatic rings. The van der Waals surface area contributed by atoms with Crippen LogP contribution in [0.15, 0.2) is 0 Å². The van der Waals surface area contributed by atoms with Crippen LogP contribution in [0.2, 0.25) is 0 Å². The summed E-state index contributed by atoms with van der Waals surface area (Å²) in [7, 11) is -3.32. The summed E-state index contributed by atoms with van der Waals surface area (Å²) >= 11 is 0. The Labute approximate surface area is 105 Å². The van der Waals surface area contributed by atoms with Gasteiger partial charge >= 0.3 is 0 Å². The SMILES string of the molecule is CC(C)CNS(=O)(=O)NCC1CCC(C)NC1. The van der Waals surface area contributed by atoms with Gasteiger partial charge in [-0.2, -0.15) is 8.42 Å². The molecule has 0 aromatic heterocycles. The van der Waals surface area contributed by atoms with E-state index in [2.05, 4.69) is 21.7 Å². The average Bonchev–Trinajstić information content (AvgIpc) is 2.26. The summed E-state index contributed by atoms with van der Waals surface area (Å²) in [5.41, 5.74) is 0. The van der Waals surface area contributed by atoms with Gasteiger partial charge in [0.05, 0.1) is 0 Å². The molecule has 3 N–H and O–H groups in total. The van der Waals surface area contributed by atoms with Crippen molar-refractivity contribution in [3.8, 4) is 0 Å². The van der Waals surface area contributed by atoms with Gasteiger partial charge in [-0.1, -0.05) is 13.8 Å². The van der Waals surface area contributed by atoms with Gasteiger partial charge in [0.2, 0.25) is 0 Å². The Morgan fingerprint density at radius 3 is 2.53 bits per heavy atom. The highest BCUT2D eigenvalue weighted by atomic mass is 32.2. The van der Waals surface area contributed by atoms with Gasteiger partial charge in [-0.15, -0.1) is 0 Å². The van der Waals surface area contributed by atoms with E-state index in [0.29, 0.717) is 31.0 Å². The van der Waals surface area contributed by atoms with Gasteiger partial charge in [-0.3, -0.25) is 0 Å². The molecule has 0 aliphatic carbocycles. The van der Waals surface area contributed by atoms with Crippen LogP contribution in [-0.2, 0) is 10.2 Å². The lowest BCUT2D eigenvalue weighted by atomic mass is 9.96. The molecule has 2 atom stereocenters. The molecule has 0 spiro atoms. The van der Waals surface area contributed by atoms with Crippen LogP contribution in [0.3, 0.4) is 0 Å². The minimum atomic E-state index is -3.32. The summed E-state index contributed by atoms with van der Waals surface area (Å²) in [4.78, 5) is 0. The molecule has 0 bridgehead atoms. The third-order valence-corrected chi connectivity index (χ3v) is 4.10. The van der Waals surface area contributed by atoms with E-state index >= 15 is 0 Å². The minimum absolute atomic E-state index is 0.323. The molecule has 1 rings (SSSR count). The van der Waals surface area contributed by atoms with E-state index in [1.54, 1.807) is 0 Å². The van der Waals surface area contributed by atoms with Crippen molar-refractivity contribution in [3.63, 3.8) is 0 Å². The van der Waals surface area contributed by atoms with Crippen LogP contribution in [0, 0.1) is 11.8 Å². The fraction of sp³-hybridized carbons (Fsp3) is 1.00. The number of hydrogen-bond acceptors (Lipinski definition) is 3. The Bertz CT molecular complexity index is 309. The van der Waals surface area contributed by atoms with Gasteiger partial charge in [0, 0.05) is 19.1 Å². The molecule has 5 nitrogen and oxygen atoms in total. The summed E-state index contributed by atoms with van der Waals surface area (Å²) in [5.74, 6) is 0.727. The van der Waals surface area contributed by atoms with Crippen LogP contribution in [0.25, 0.3) is 0 Å². The number of hydrogen-bond donors (Lipinski definition) is 3. The fourth-order valence-electron chi connectivity index (χ4n) is 1.79. The molecule has 0 amide bonds. The van der Waals surface area contributed by atoms with E-state index in [1.165, 1.54) is 0 Å². The van der Waals surface area contributed by atoms with Crippen molar-refractivity contribution in [2.45, 2.75) is 39.7 Å². The third-order valence-electron chi connectivity index (χ3n) is 3.01. The lowest BCUT2D eigenvalue weighted by Gasteiger charge is -2.27. The quantitative estimate of drug-likeness (QED) is 0.652. The second-order valence-corrected chi connectivity index (χ2v) is 6.93. The third kappa shape index (κ3) is 6.35. The van der Waals surface area contributed by atoms with Crippen molar-refractivity contribution in [2.24, 2.45) is 11.8 Å². The first kappa shape index (κ1) is 14.9. The molecule has 1 aliphatic heterocycles. The molecule has 1 heterocycles. The molecule has 0 aromatic carbocycles. The molecule has 102 valence electrons. The Balaban J connectivity index is 2.25. The molecule has 0 saturated carbocycles. The van der Waals surface area contributed by atoms with Gasteiger partial charge in [-0.25, -0.2) is 9.44 Å². The molecule has 2 unspecified atom stereocenters. The second-order valence-electron chi connectivity index (χ2n) is 5.35. The average molecular weight is 263 g/mol. The van der Waals surface area contributed by atoms with Crippen molar-refractivity contribution in [3.05, 3.63) is 0 Å². The number of nitrogens with one attached hydrogen (secondary N) is 3. The molecule has 1 aliphatic rings. The van der Waals surface area contributed by atoms with Crippen molar-refractivity contribution in [1.82, 2.24) is 14.8 Å². The zero-order chi connectivity index (χ0) is 12.9. The van der Waals surface area contributed by atoms with Gasteiger partial charge in [0.1, 0.15) is 0 Å². The molecule has 17 heavy (non-hydrogen) atoms. The van der Waals surface area contributed by atoms with Crippen LogP contribution in [0.4, 0.5) is 0 Å². The van der Waals surface area contributed by atoms with E-state index in [4.69, 9.17) is 0 Å². The maximum Gasteiger partial charge on any atom is 0.276 e. The van der Waals surface area contributed by atoms with Crippen molar-refractivity contribution >= 4 is 10.2 Å². The number of rotatable bonds is 6. The fourth-order valence-corrected chi connectivity index (χ4v) is 2.90. The summed E-state index contributed by atoms with van der Waals surface area (Å²) in [6.07, 6.45) is 2.20. The van der Waals surface area contributed by atoms with E-state index in [1.807, 2.05) is 13.8 Å². The molecule has 6 heteroatoms. The van der Waals surface area contributed by atoms with Crippen LogP contribution in [0.5, 0.6) is 0 Å². The highest BCUT2D eigenvalue weighted by Crippen LogP contribution is 2.13. The predicted octanol–water partition coefficient (Wildman–Crippen LogP) is 0.455. The predicted molar refractivity (Wildman–Crippen MR) is 70.0 cm³/mol. The Hall–Kier alpha value is -0.170. The smallest absolute Gasteiger partial charge is 0.276 e. The largest absolute Gasteiger partial charge is 0.314 e. The first-order chi connectivity index (χ1) is 7.89. The standard InChI is InChI=1S/C11H25N3O2S/c1-9(2)6-13-17(15,16)14-8-11-5-4-10(3)12-7-11/h9-14H,4-8H2,1-3H3. The summed E-state index contributed by atoms with van der Waals surface area (Å²) < 4.78 is 28.4. The van der Waals surface area contributed by atoms with E-state index < -0.39 is 10.2 Å². The molecular formula is C11H25N3O2S. The summed E-state index contributed by atoms with van der Waals surface area (Å²) in [6, 6.07) is 0.557. The maximum atomic E-state index is 11.6. The second kappa shape index (κ2) is 6.68. The van der Waals surface area contributed by atoms with E-state index in [9.17, 15) is 8.42 Å². The van der Waals surface area contributed by atoms with E-state index in [-0.39, 0.29) is 0 Å². The highest BCUT2D eigenvalue weighted by Gasteiger charge is 2.19. The lowest BCUT2D eigenvalue weighted by Crippen LogP contribution is -2.45. The normalized spacial score (nSPS) is 26.4. The molecule has 1 fully saturated rings. The highest BCUT2D eigenvalue weighted by molar-refractivity contribution is 7.87. The van der Waals surface area contributed by atoms with Crippen LogP contribution in [0.1, 0.15) is 33.6 Å².